The molecule has 2 nitrogen and oxygen atoms in total. The van der Waals surface area contributed by atoms with E-state index in [-0.39, 0.29) is 0 Å². The average molecular weight is 210 g/mol. The highest BCUT2D eigenvalue weighted by molar-refractivity contribution is 6.32. The highest BCUT2D eigenvalue weighted by Gasteiger charge is 1.99. The van der Waals surface area contributed by atoms with Gasteiger partial charge in [-0.15, -0.1) is 0 Å². The summed E-state index contributed by atoms with van der Waals surface area (Å²) >= 11 is 0. The van der Waals surface area contributed by atoms with Gasteiger partial charge in [0.05, 0.1) is 0 Å². The summed E-state index contributed by atoms with van der Waals surface area (Å²) in [5.41, 5.74) is 11.2. The fraction of sp³-hybridized carbons (Fsp3) is 0.0769. The first-order valence-corrected chi connectivity index (χ1v) is 5.35. The van der Waals surface area contributed by atoms with Gasteiger partial charge in [0.1, 0.15) is 7.85 Å². The Hall–Kier alpha value is -1.90. The van der Waals surface area contributed by atoms with E-state index in [1.807, 2.05) is 24.3 Å². The van der Waals surface area contributed by atoms with Crippen LogP contribution >= 0.6 is 0 Å². The molecular formula is C13H15BN2. The van der Waals surface area contributed by atoms with E-state index in [1.54, 1.807) is 0 Å². The Bertz CT molecular complexity index is 509. The number of anilines is 3. The Morgan fingerprint density at radius 1 is 1.12 bits per heavy atom. The molecule has 0 spiro atoms. The van der Waals surface area contributed by atoms with Crippen LogP contribution in [0.4, 0.5) is 17.1 Å². The Morgan fingerprint density at radius 2 is 1.94 bits per heavy atom. The molecule has 0 saturated heterocycles. The number of nitrogen functional groups attached to an aromatic ring is 1. The Labute approximate surface area is 96.9 Å². The van der Waals surface area contributed by atoms with Crippen LogP contribution in [0, 0.1) is 6.92 Å². The van der Waals surface area contributed by atoms with Crippen molar-refractivity contribution >= 4 is 30.4 Å². The van der Waals surface area contributed by atoms with E-state index in [0.717, 1.165) is 17.1 Å². The summed E-state index contributed by atoms with van der Waals surface area (Å²) in [5.74, 6) is 0. The molecule has 3 N–H and O–H groups in total. The zero-order valence-electron chi connectivity index (χ0n) is 9.62. The molecule has 16 heavy (non-hydrogen) atoms. The van der Waals surface area contributed by atoms with Crippen molar-refractivity contribution < 1.29 is 0 Å². The minimum absolute atomic E-state index is 0.773. The molecule has 0 unspecified atom stereocenters. The standard InChI is InChI=1S/C13H15BN2/c1-9-7-10(14)5-6-13(9)16-12-4-2-3-11(15)8-12/h2-8,16H,14-15H2,1H3. The second-order valence-corrected chi connectivity index (χ2v) is 4.07. The van der Waals surface area contributed by atoms with Crippen LogP contribution in [-0.2, 0) is 0 Å². The van der Waals surface area contributed by atoms with Crippen molar-refractivity contribution in [3.63, 3.8) is 0 Å². The molecule has 0 radical (unpaired) electrons. The molecule has 0 amide bonds. The lowest BCUT2D eigenvalue weighted by molar-refractivity contribution is 1.44. The van der Waals surface area contributed by atoms with E-state index in [9.17, 15) is 0 Å². The van der Waals surface area contributed by atoms with E-state index < -0.39 is 0 Å². The van der Waals surface area contributed by atoms with E-state index in [1.165, 1.54) is 11.0 Å². The molecule has 0 heterocycles. The maximum absolute atomic E-state index is 5.73. The Morgan fingerprint density at radius 3 is 2.62 bits per heavy atom. The van der Waals surface area contributed by atoms with E-state index >= 15 is 0 Å². The zero-order chi connectivity index (χ0) is 11.5. The lowest BCUT2D eigenvalue weighted by atomic mass is 9.94. The summed E-state index contributed by atoms with van der Waals surface area (Å²) in [6.07, 6.45) is 0. The summed E-state index contributed by atoms with van der Waals surface area (Å²) in [4.78, 5) is 0. The highest BCUT2D eigenvalue weighted by Crippen LogP contribution is 2.20. The van der Waals surface area contributed by atoms with Crippen molar-refractivity contribution in [1.82, 2.24) is 0 Å². The molecule has 2 rings (SSSR count). The molecule has 0 aromatic heterocycles. The normalized spacial score (nSPS) is 10.1. The third-order valence-electron chi connectivity index (χ3n) is 2.55. The van der Waals surface area contributed by atoms with Crippen LogP contribution in [-0.4, -0.2) is 7.85 Å². The van der Waals surface area contributed by atoms with Gasteiger partial charge in [0.2, 0.25) is 0 Å². The monoisotopic (exact) mass is 210 g/mol. The molecule has 2 aromatic carbocycles. The fourth-order valence-corrected chi connectivity index (χ4v) is 1.73. The van der Waals surface area contributed by atoms with Gasteiger partial charge < -0.3 is 11.1 Å². The van der Waals surface area contributed by atoms with Gasteiger partial charge in [-0.25, -0.2) is 0 Å². The predicted octanol–water partition coefficient (Wildman–Crippen LogP) is 1.58. The van der Waals surface area contributed by atoms with E-state index in [4.69, 9.17) is 5.73 Å². The van der Waals surface area contributed by atoms with Gasteiger partial charge in [-0.3, -0.25) is 0 Å². The average Bonchev–Trinajstić information content (AvgIpc) is 2.22. The van der Waals surface area contributed by atoms with Crippen LogP contribution < -0.4 is 16.5 Å². The maximum atomic E-state index is 5.73. The second kappa shape index (κ2) is 4.31. The molecule has 0 saturated carbocycles. The van der Waals surface area contributed by atoms with Crippen molar-refractivity contribution in [3.05, 3.63) is 48.0 Å². The van der Waals surface area contributed by atoms with Gasteiger partial charge in [0.15, 0.2) is 0 Å². The molecule has 0 atom stereocenters. The second-order valence-electron chi connectivity index (χ2n) is 4.07. The largest absolute Gasteiger partial charge is 0.399 e. The number of hydrogen-bond donors (Lipinski definition) is 2. The minimum Gasteiger partial charge on any atom is -0.399 e. The number of rotatable bonds is 2. The third-order valence-corrected chi connectivity index (χ3v) is 2.55. The number of nitrogens with two attached hydrogens (primary N) is 1. The van der Waals surface area contributed by atoms with Crippen LogP contribution in [0.3, 0.4) is 0 Å². The molecule has 3 heteroatoms. The van der Waals surface area contributed by atoms with Gasteiger partial charge in [0.25, 0.3) is 0 Å². The predicted molar refractivity (Wildman–Crippen MR) is 73.5 cm³/mol. The zero-order valence-corrected chi connectivity index (χ0v) is 9.62. The van der Waals surface area contributed by atoms with Crippen LogP contribution in [0.5, 0.6) is 0 Å². The quantitative estimate of drug-likeness (QED) is 0.583. The Kier molecular flexibility index (Phi) is 2.86. The summed E-state index contributed by atoms with van der Waals surface area (Å²) in [5, 5.41) is 3.36. The first kappa shape index (κ1) is 10.6. The van der Waals surface area contributed by atoms with Crippen LogP contribution in [0.25, 0.3) is 0 Å². The lowest BCUT2D eigenvalue weighted by Gasteiger charge is -2.10. The summed E-state index contributed by atoms with van der Waals surface area (Å²) in [6.45, 7) is 2.10. The van der Waals surface area contributed by atoms with E-state index in [2.05, 4.69) is 38.3 Å². The topological polar surface area (TPSA) is 38.0 Å². The van der Waals surface area contributed by atoms with Crippen molar-refractivity contribution in [1.29, 1.82) is 0 Å². The first-order chi connectivity index (χ1) is 7.65. The van der Waals surface area contributed by atoms with Gasteiger partial charge >= 0.3 is 0 Å². The highest BCUT2D eigenvalue weighted by atomic mass is 14.9. The lowest BCUT2D eigenvalue weighted by Crippen LogP contribution is -2.03. The summed E-state index contributed by atoms with van der Waals surface area (Å²) in [7, 11) is 2.09. The number of benzene rings is 2. The van der Waals surface area contributed by atoms with Crippen LogP contribution in [0.2, 0.25) is 0 Å². The van der Waals surface area contributed by atoms with Gasteiger partial charge in [-0.1, -0.05) is 23.7 Å². The molecule has 2 aromatic rings. The molecule has 0 bridgehead atoms. The molecule has 0 aliphatic carbocycles. The number of nitrogens with one attached hydrogen (secondary N) is 1. The van der Waals surface area contributed by atoms with Crippen molar-refractivity contribution in [2.24, 2.45) is 0 Å². The van der Waals surface area contributed by atoms with Gasteiger partial charge in [-0.05, 0) is 36.8 Å². The van der Waals surface area contributed by atoms with E-state index in [0.29, 0.717) is 0 Å². The van der Waals surface area contributed by atoms with Gasteiger partial charge in [-0.2, -0.15) is 0 Å². The summed E-state index contributed by atoms with van der Waals surface area (Å²) in [6, 6.07) is 14.1. The van der Waals surface area contributed by atoms with Crippen LogP contribution in [0.1, 0.15) is 5.56 Å². The Balaban J connectivity index is 2.27. The van der Waals surface area contributed by atoms with Crippen molar-refractivity contribution in [2.75, 3.05) is 11.1 Å². The number of hydrogen-bond acceptors (Lipinski definition) is 2. The van der Waals surface area contributed by atoms with Crippen molar-refractivity contribution in [2.45, 2.75) is 6.92 Å². The number of aryl methyl sites for hydroxylation is 1. The fourth-order valence-electron chi connectivity index (χ4n) is 1.73. The molecule has 0 aliphatic rings. The van der Waals surface area contributed by atoms with Gasteiger partial charge in [0, 0.05) is 17.1 Å². The smallest absolute Gasteiger partial charge is 0.139 e. The third kappa shape index (κ3) is 2.37. The van der Waals surface area contributed by atoms with Crippen molar-refractivity contribution in [3.8, 4) is 0 Å². The van der Waals surface area contributed by atoms with Crippen LogP contribution in [0.15, 0.2) is 42.5 Å². The SMILES string of the molecule is Bc1ccc(Nc2cccc(N)c2)c(C)c1. The first-order valence-electron chi connectivity index (χ1n) is 5.35. The molecule has 80 valence electrons. The molecular weight excluding hydrogens is 195 g/mol. The molecule has 0 aliphatic heterocycles. The molecule has 0 fully saturated rings. The maximum Gasteiger partial charge on any atom is 0.139 e. The summed E-state index contributed by atoms with van der Waals surface area (Å²) < 4.78 is 0. The minimum atomic E-state index is 0.773.